The SMILES string of the molecule is COC(=O)C(NC(C)c1csc(C)n1)c1cccc(C#N)c1. The van der Waals surface area contributed by atoms with Crippen LogP contribution < -0.4 is 5.32 Å². The molecule has 22 heavy (non-hydrogen) atoms. The van der Waals surface area contributed by atoms with E-state index in [0.29, 0.717) is 11.1 Å². The molecule has 0 saturated heterocycles. The van der Waals surface area contributed by atoms with Crippen LogP contribution in [0.2, 0.25) is 0 Å². The Hall–Kier alpha value is -2.23. The van der Waals surface area contributed by atoms with E-state index in [1.807, 2.05) is 19.2 Å². The molecule has 0 spiro atoms. The Morgan fingerprint density at radius 2 is 2.27 bits per heavy atom. The number of methoxy groups -OCH3 is 1. The molecule has 0 fully saturated rings. The number of nitriles is 1. The van der Waals surface area contributed by atoms with E-state index in [9.17, 15) is 4.79 Å². The molecule has 1 heterocycles. The van der Waals surface area contributed by atoms with E-state index < -0.39 is 12.0 Å². The molecule has 1 aromatic carbocycles. The average molecular weight is 315 g/mol. The molecule has 1 aromatic heterocycles. The summed E-state index contributed by atoms with van der Waals surface area (Å²) in [6.07, 6.45) is 0. The lowest BCUT2D eigenvalue weighted by Crippen LogP contribution is -2.32. The number of ether oxygens (including phenoxy) is 1. The topological polar surface area (TPSA) is 75.0 Å². The molecule has 2 rings (SSSR count). The quantitative estimate of drug-likeness (QED) is 0.859. The first-order chi connectivity index (χ1) is 10.5. The maximum absolute atomic E-state index is 12.1. The highest BCUT2D eigenvalue weighted by molar-refractivity contribution is 7.09. The maximum atomic E-state index is 12.1. The second-order valence-corrected chi connectivity index (χ2v) is 5.94. The molecular weight excluding hydrogens is 298 g/mol. The van der Waals surface area contributed by atoms with Crippen LogP contribution in [-0.4, -0.2) is 18.1 Å². The largest absolute Gasteiger partial charge is 0.468 e. The predicted molar refractivity (Wildman–Crippen MR) is 84.3 cm³/mol. The van der Waals surface area contributed by atoms with Crippen molar-refractivity contribution in [3.63, 3.8) is 0 Å². The summed E-state index contributed by atoms with van der Waals surface area (Å²) >= 11 is 1.57. The maximum Gasteiger partial charge on any atom is 0.327 e. The zero-order valence-electron chi connectivity index (χ0n) is 12.7. The van der Waals surface area contributed by atoms with Gasteiger partial charge in [-0.3, -0.25) is 5.32 Å². The van der Waals surface area contributed by atoms with E-state index in [1.165, 1.54) is 7.11 Å². The standard InChI is InChI=1S/C16H17N3O2S/c1-10(14-9-22-11(2)19-14)18-15(16(20)21-3)13-6-4-5-12(7-13)8-17/h4-7,9-10,15,18H,1-3H3. The zero-order chi connectivity index (χ0) is 16.1. The first-order valence-electron chi connectivity index (χ1n) is 6.81. The van der Waals surface area contributed by atoms with Gasteiger partial charge in [0.25, 0.3) is 0 Å². The Morgan fingerprint density at radius 3 is 2.86 bits per heavy atom. The van der Waals surface area contributed by atoms with Crippen LogP contribution >= 0.6 is 11.3 Å². The van der Waals surface area contributed by atoms with Crippen molar-refractivity contribution in [1.82, 2.24) is 10.3 Å². The first kappa shape index (κ1) is 16.1. The van der Waals surface area contributed by atoms with E-state index >= 15 is 0 Å². The first-order valence-corrected chi connectivity index (χ1v) is 7.69. The molecule has 0 saturated carbocycles. The van der Waals surface area contributed by atoms with Gasteiger partial charge in [0, 0.05) is 11.4 Å². The van der Waals surface area contributed by atoms with Crippen LogP contribution in [0, 0.1) is 18.3 Å². The van der Waals surface area contributed by atoms with Crippen molar-refractivity contribution in [2.24, 2.45) is 0 Å². The van der Waals surface area contributed by atoms with Crippen molar-refractivity contribution >= 4 is 17.3 Å². The second-order valence-electron chi connectivity index (χ2n) is 4.87. The summed E-state index contributed by atoms with van der Waals surface area (Å²) in [5.41, 5.74) is 2.09. The van der Waals surface area contributed by atoms with Crippen molar-refractivity contribution in [2.45, 2.75) is 25.9 Å². The molecule has 2 atom stereocenters. The number of carbonyl (C=O) groups is 1. The van der Waals surface area contributed by atoms with Crippen LogP contribution in [0.4, 0.5) is 0 Å². The molecule has 1 N–H and O–H groups in total. The number of carbonyl (C=O) groups excluding carboxylic acids is 1. The molecule has 0 radical (unpaired) electrons. The van der Waals surface area contributed by atoms with Crippen LogP contribution in [0.25, 0.3) is 0 Å². The van der Waals surface area contributed by atoms with E-state index in [1.54, 1.807) is 35.6 Å². The Balaban J connectivity index is 2.26. The number of aromatic nitrogens is 1. The second kappa shape index (κ2) is 7.16. The highest BCUT2D eigenvalue weighted by Crippen LogP contribution is 2.22. The summed E-state index contributed by atoms with van der Waals surface area (Å²) in [5, 5.41) is 15.2. The smallest absolute Gasteiger partial charge is 0.327 e. The molecule has 0 aliphatic carbocycles. The number of benzene rings is 1. The molecular formula is C16H17N3O2S. The zero-order valence-corrected chi connectivity index (χ0v) is 13.5. The summed E-state index contributed by atoms with van der Waals surface area (Å²) < 4.78 is 4.88. The van der Waals surface area contributed by atoms with Gasteiger partial charge in [-0.15, -0.1) is 11.3 Å². The fourth-order valence-corrected chi connectivity index (χ4v) is 2.83. The molecule has 114 valence electrons. The van der Waals surface area contributed by atoms with E-state index in [2.05, 4.69) is 16.4 Å². The fraction of sp³-hybridized carbons (Fsp3) is 0.312. The van der Waals surface area contributed by atoms with Crippen LogP contribution in [0.5, 0.6) is 0 Å². The number of nitrogens with zero attached hydrogens (tertiary/aromatic N) is 2. The van der Waals surface area contributed by atoms with Gasteiger partial charge in [-0.25, -0.2) is 9.78 Å². The summed E-state index contributed by atoms with van der Waals surface area (Å²) in [6, 6.07) is 8.26. The van der Waals surface area contributed by atoms with E-state index in [-0.39, 0.29) is 6.04 Å². The number of thiazole rings is 1. The average Bonchev–Trinajstić information content (AvgIpc) is 2.98. The van der Waals surface area contributed by atoms with Crippen molar-refractivity contribution in [3.05, 3.63) is 51.5 Å². The number of nitrogens with one attached hydrogen (secondary N) is 1. The van der Waals surface area contributed by atoms with Crippen LogP contribution in [0.15, 0.2) is 29.6 Å². The predicted octanol–water partition coefficient (Wildman–Crippen LogP) is 2.89. The van der Waals surface area contributed by atoms with Crippen LogP contribution in [-0.2, 0) is 9.53 Å². The number of aryl methyl sites for hydroxylation is 1. The lowest BCUT2D eigenvalue weighted by molar-refractivity contribution is -0.143. The molecule has 6 heteroatoms. The number of esters is 1. The van der Waals surface area contributed by atoms with Crippen molar-refractivity contribution in [1.29, 1.82) is 5.26 Å². The lowest BCUT2D eigenvalue weighted by Gasteiger charge is -2.21. The molecule has 0 amide bonds. The summed E-state index contributed by atoms with van der Waals surface area (Å²) in [7, 11) is 1.35. The normalized spacial score (nSPS) is 13.2. The van der Waals surface area contributed by atoms with E-state index in [0.717, 1.165) is 10.7 Å². The summed E-state index contributed by atoms with van der Waals surface area (Å²) in [4.78, 5) is 16.5. The number of hydrogen-bond acceptors (Lipinski definition) is 6. The molecule has 0 aliphatic rings. The van der Waals surface area contributed by atoms with Gasteiger partial charge in [-0.1, -0.05) is 12.1 Å². The third kappa shape index (κ3) is 3.70. The molecule has 5 nitrogen and oxygen atoms in total. The Kier molecular flexibility index (Phi) is 5.26. The van der Waals surface area contributed by atoms with Crippen LogP contribution in [0.3, 0.4) is 0 Å². The minimum atomic E-state index is -0.643. The third-order valence-electron chi connectivity index (χ3n) is 3.28. The van der Waals surface area contributed by atoms with Gasteiger partial charge in [0.05, 0.1) is 29.4 Å². The highest BCUT2D eigenvalue weighted by atomic mass is 32.1. The van der Waals surface area contributed by atoms with Gasteiger partial charge >= 0.3 is 5.97 Å². The number of rotatable bonds is 5. The van der Waals surface area contributed by atoms with Gasteiger partial charge in [0.1, 0.15) is 6.04 Å². The molecule has 0 bridgehead atoms. The Bertz CT molecular complexity index is 705. The van der Waals surface area contributed by atoms with Gasteiger partial charge in [0.15, 0.2) is 0 Å². The Morgan fingerprint density at radius 1 is 1.50 bits per heavy atom. The molecule has 2 aromatic rings. The van der Waals surface area contributed by atoms with Gasteiger partial charge in [0.2, 0.25) is 0 Å². The Labute approximate surface area is 133 Å². The summed E-state index contributed by atoms with van der Waals surface area (Å²) in [5.74, 6) is -0.395. The van der Waals surface area contributed by atoms with Crippen molar-refractivity contribution < 1.29 is 9.53 Å². The highest BCUT2D eigenvalue weighted by Gasteiger charge is 2.24. The minimum Gasteiger partial charge on any atom is -0.468 e. The van der Waals surface area contributed by atoms with Gasteiger partial charge in [-0.2, -0.15) is 5.26 Å². The third-order valence-corrected chi connectivity index (χ3v) is 4.07. The molecule has 2 unspecified atom stereocenters. The lowest BCUT2D eigenvalue weighted by atomic mass is 10.0. The van der Waals surface area contributed by atoms with Gasteiger partial charge < -0.3 is 4.74 Å². The molecule has 0 aliphatic heterocycles. The van der Waals surface area contributed by atoms with E-state index in [4.69, 9.17) is 10.00 Å². The minimum absolute atomic E-state index is 0.111. The fourth-order valence-electron chi connectivity index (χ4n) is 2.12. The van der Waals surface area contributed by atoms with Crippen molar-refractivity contribution in [2.75, 3.05) is 7.11 Å². The van der Waals surface area contributed by atoms with Crippen molar-refractivity contribution in [3.8, 4) is 6.07 Å². The summed E-state index contributed by atoms with van der Waals surface area (Å²) in [6.45, 7) is 3.88. The van der Waals surface area contributed by atoms with Gasteiger partial charge in [-0.05, 0) is 31.5 Å². The van der Waals surface area contributed by atoms with Crippen LogP contribution in [0.1, 0.15) is 40.8 Å². The number of hydrogen-bond donors (Lipinski definition) is 1. The monoisotopic (exact) mass is 315 g/mol.